The molecule has 0 fully saturated rings. The Bertz CT molecular complexity index is 798. The third kappa shape index (κ3) is 3.63. The highest BCUT2D eigenvalue weighted by molar-refractivity contribution is 6.30. The number of nitrogens with one attached hydrogen (secondary N) is 1. The summed E-state index contributed by atoms with van der Waals surface area (Å²) in [4.78, 5) is 12.5. The van der Waals surface area contributed by atoms with E-state index in [0.717, 1.165) is 17.7 Å². The molecule has 6 heteroatoms. The van der Waals surface area contributed by atoms with Gasteiger partial charge in [-0.2, -0.15) is 0 Å². The lowest BCUT2D eigenvalue weighted by Crippen LogP contribution is -2.28. The first-order valence-electron chi connectivity index (χ1n) is 7.68. The van der Waals surface area contributed by atoms with Crippen molar-refractivity contribution in [3.8, 4) is 5.69 Å². The molecule has 1 atom stereocenters. The molecule has 3 aromatic rings. The van der Waals surface area contributed by atoms with Crippen molar-refractivity contribution < 1.29 is 4.79 Å². The normalized spacial score (nSPS) is 11.9. The van der Waals surface area contributed by atoms with Crippen LogP contribution >= 0.6 is 11.6 Å². The molecule has 0 unspecified atom stereocenters. The summed E-state index contributed by atoms with van der Waals surface area (Å²) in [6, 6.07) is 14.8. The number of rotatable bonds is 5. The zero-order chi connectivity index (χ0) is 16.9. The van der Waals surface area contributed by atoms with Crippen molar-refractivity contribution in [3.05, 3.63) is 77.3 Å². The van der Waals surface area contributed by atoms with Gasteiger partial charge in [0.1, 0.15) is 12.7 Å². The van der Waals surface area contributed by atoms with Crippen molar-refractivity contribution in [2.45, 2.75) is 19.4 Å². The number of aromatic nitrogens is 3. The minimum atomic E-state index is -0.105. The molecule has 0 aliphatic heterocycles. The molecule has 0 aliphatic rings. The molecular weight excluding hydrogens is 324 g/mol. The molecule has 0 saturated heterocycles. The molecule has 2 aromatic carbocycles. The maximum absolute atomic E-state index is 12.5. The van der Waals surface area contributed by atoms with Crippen molar-refractivity contribution in [2.75, 3.05) is 0 Å². The molecule has 1 amide bonds. The summed E-state index contributed by atoms with van der Waals surface area (Å²) < 4.78 is 1.78. The fourth-order valence-electron chi connectivity index (χ4n) is 2.48. The van der Waals surface area contributed by atoms with E-state index in [4.69, 9.17) is 11.6 Å². The first kappa shape index (κ1) is 16.2. The van der Waals surface area contributed by atoms with E-state index in [2.05, 4.69) is 15.5 Å². The molecule has 122 valence electrons. The molecule has 24 heavy (non-hydrogen) atoms. The predicted molar refractivity (Wildman–Crippen MR) is 93.3 cm³/mol. The number of carbonyl (C=O) groups is 1. The molecule has 3 rings (SSSR count). The number of amides is 1. The van der Waals surface area contributed by atoms with Gasteiger partial charge in [0.2, 0.25) is 0 Å². The monoisotopic (exact) mass is 340 g/mol. The molecule has 0 radical (unpaired) electrons. The minimum Gasteiger partial charge on any atom is -0.345 e. The van der Waals surface area contributed by atoms with Gasteiger partial charge in [0.15, 0.2) is 0 Å². The van der Waals surface area contributed by atoms with Gasteiger partial charge < -0.3 is 5.32 Å². The quantitative estimate of drug-likeness (QED) is 0.768. The van der Waals surface area contributed by atoms with E-state index in [-0.39, 0.29) is 11.9 Å². The van der Waals surface area contributed by atoms with Crippen LogP contribution in [0.3, 0.4) is 0 Å². The average molecular weight is 341 g/mol. The van der Waals surface area contributed by atoms with E-state index < -0.39 is 0 Å². The Morgan fingerprint density at radius 3 is 2.29 bits per heavy atom. The summed E-state index contributed by atoms with van der Waals surface area (Å²) in [6.07, 6.45) is 4.03. The Balaban J connectivity index is 1.72. The van der Waals surface area contributed by atoms with Crippen molar-refractivity contribution >= 4 is 17.5 Å². The highest BCUT2D eigenvalue weighted by Gasteiger charge is 2.14. The van der Waals surface area contributed by atoms with Crippen LogP contribution in [0.2, 0.25) is 5.02 Å². The highest BCUT2D eigenvalue weighted by atomic mass is 35.5. The summed E-state index contributed by atoms with van der Waals surface area (Å²) in [5.74, 6) is -0.105. The van der Waals surface area contributed by atoms with Crippen molar-refractivity contribution in [3.63, 3.8) is 0 Å². The lowest BCUT2D eigenvalue weighted by Gasteiger charge is -2.17. The molecule has 0 aliphatic carbocycles. The molecule has 1 heterocycles. The van der Waals surface area contributed by atoms with Crippen LogP contribution in [0.25, 0.3) is 5.69 Å². The van der Waals surface area contributed by atoms with Crippen LogP contribution in [0.1, 0.15) is 35.3 Å². The number of nitrogens with zero attached hydrogens (tertiary/aromatic N) is 3. The summed E-state index contributed by atoms with van der Waals surface area (Å²) in [6.45, 7) is 2.04. The fourth-order valence-corrected chi connectivity index (χ4v) is 2.60. The third-order valence-corrected chi connectivity index (χ3v) is 4.08. The maximum atomic E-state index is 12.5. The molecule has 1 aromatic heterocycles. The van der Waals surface area contributed by atoms with Gasteiger partial charge in [-0.15, -0.1) is 10.2 Å². The number of hydrogen-bond acceptors (Lipinski definition) is 3. The van der Waals surface area contributed by atoms with Crippen LogP contribution < -0.4 is 5.32 Å². The zero-order valence-corrected chi connectivity index (χ0v) is 13.9. The molecular formula is C18H17ClN4O. The molecule has 0 saturated carbocycles. The Kier molecular flexibility index (Phi) is 4.91. The maximum Gasteiger partial charge on any atom is 0.251 e. The van der Waals surface area contributed by atoms with Gasteiger partial charge in [-0.05, 0) is 48.4 Å². The standard InChI is InChI=1S/C18H17ClN4O/c1-2-17(13-3-7-15(19)8-4-13)22-18(24)14-5-9-16(10-6-14)23-11-20-21-12-23/h3-12,17H,2H2,1H3,(H,22,24)/t17-/m1/s1. The molecule has 0 bridgehead atoms. The van der Waals surface area contributed by atoms with Gasteiger partial charge in [0, 0.05) is 16.3 Å². The van der Waals surface area contributed by atoms with Crippen LogP contribution in [0.15, 0.2) is 61.2 Å². The van der Waals surface area contributed by atoms with E-state index in [1.165, 1.54) is 0 Å². The third-order valence-electron chi connectivity index (χ3n) is 3.83. The summed E-state index contributed by atoms with van der Waals surface area (Å²) in [5.41, 5.74) is 2.55. The average Bonchev–Trinajstić information content (AvgIpc) is 3.15. The first-order valence-corrected chi connectivity index (χ1v) is 8.06. The van der Waals surface area contributed by atoms with E-state index >= 15 is 0 Å². The Morgan fingerprint density at radius 1 is 1.08 bits per heavy atom. The second-order valence-corrected chi connectivity index (χ2v) is 5.84. The summed E-state index contributed by atoms with van der Waals surface area (Å²) in [5, 5.41) is 11.3. The zero-order valence-electron chi connectivity index (χ0n) is 13.2. The Morgan fingerprint density at radius 2 is 1.71 bits per heavy atom. The molecule has 1 N–H and O–H groups in total. The van der Waals surface area contributed by atoms with Gasteiger partial charge in [0.05, 0.1) is 6.04 Å². The lowest BCUT2D eigenvalue weighted by atomic mass is 10.0. The van der Waals surface area contributed by atoms with Crippen LogP contribution in [-0.2, 0) is 0 Å². The van der Waals surface area contributed by atoms with Crippen molar-refractivity contribution in [2.24, 2.45) is 0 Å². The number of benzene rings is 2. The van der Waals surface area contributed by atoms with Crippen LogP contribution in [0.4, 0.5) is 0 Å². The topological polar surface area (TPSA) is 59.8 Å². The van der Waals surface area contributed by atoms with Gasteiger partial charge >= 0.3 is 0 Å². The van der Waals surface area contributed by atoms with Crippen molar-refractivity contribution in [1.29, 1.82) is 0 Å². The fraction of sp³-hybridized carbons (Fsp3) is 0.167. The number of halogens is 1. The van der Waals surface area contributed by atoms with E-state index in [9.17, 15) is 4.79 Å². The van der Waals surface area contributed by atoms with Gasteiger partial charge in [-0.3, -0.25) is 9.36 Å². The first-order chi connectivity index (χ1) is 11.7. The SMILES string of the molecule is CC[C@@H](NC(=O)c1ccc(-n2cnnc2)cc1)c1ccc(Cl)cc1. The Hall–Kier alpha value is -2.66. The predicted octanol–water partition coefficient (Wildman–Crippen LogP) is 3.80. The summed E-state index contributed by atoms with van der Waals surface area (Å²) >= 11 is 5.92. The van der Waals surface area contributed by atoms with E-state index in [1.54, 1.807) is 29.4 Å². The van der Waals surface area contributed by atoms with E-state index in [0.29, 0.717) is 10.6 Å². The smallest absolute Gasteiger partial charge is 0.251 e. The second-order valence-electron chi connectivity index (χ2n) is 5.40. The molecule has 0 spiro atoms. The number of hydrogen-bond donors (Lipinski definition) is 1. The van der Waals surface area contributed by atoms with Crippen LogP contribution in [0.5, 0.6) is 0 Å². The molecule has 5 nitrogen and oxygen atoms in total. The lowest BCUT2D eigenvalue weighted by molar-refractivity contribution is 0.0935. The largest absolute Gasteiger partial charge is 0.345 e. The highest BCUT2D eigenvalue weighted by Crippen LogP contribution is 2.20. The summed E-state index contributed by atoms with van der Waals surface area (Å²) in [7, 11) is 0. The van der Waals surface area contributed by atoms with Crippen LogP contribution in [0, 0.1) is 0 Å². The second kappa shape index (κ2) is 7.27. The van der Waals surface area contributed by atoms with Crippen molar-refractivity contribution in [1.82, 2.24) is 20.1 Å². The minimum absolute atomic E-state index is 0.0488. The number of carbonyl (C=O) groups excluding carboxylic acids is 1. The van der Waals surface area contributed by atoms with Gasteiger partial charge in [-0.25, -0.2) is 0 Å². The van der Waals surface area contributed by atoms with E-state index in [1.807, 2.05) is 43.3 Å². The Labute approximate surface area is 145 Å². The van der Waals surface area contributed by atoms with Gasteiger partial charge in [-0.1, -0.05) is 30.7 Å². The van der Waals surface area contributed by atoms with Crippen LogP contribution in [-0.4, -0.2) is 20.7 Å². The van der Waals surface area contributed by atoms with Gasteiger partial charge in [0.25, 0.3) is 5.91 Å².